The van der Waals surface area contributed by atoms with Gasteiger partial charge in [-0.25, -0.2) is 0 Å². The van der Waals surface area contributed by atoms with Gasteiger partial charge in [0.25, 0.3) is 0 Å². The topological polar surface area (TPSA) is 20.2 Å². The molecular weight excluding hydrogens is 191 g/mol. The van der Waals surface area contributed by atoms with E-state index in [0.717, 1.165) is 0 Å². The van der Waals surface area contributed by atoms with Crippen LogP contribution in [-0.4, -0.2) is 19.6 Å². The van der Waals surface area contributed by atoms with Gasteiger partial charge in [-0.3, -0.25) is 0 Å². The number of hydrogen-bond donors (Lipinski definition) is 1. The van der Waals surface area contributed by atoms with Crippen LogP contribution in [0.4, 0.5) is 0 Å². The minimum absolute atomic E-state index is 0.379. The van der Waals surface area contributed by atoms with Crippen LogP contribution in [0, 0.1) is 0 Å². The minimum atomic E-state index is 0.379. The Balaban J connectivity index is 2.86. The third kappa shape index (κ3) is 0.859. The van der Waals surface area contributed by atoms with Gasteiger partial charge in [-0.1, -0.05) is 0 Å². The number of benzene rings is 1. The van der Waals surface area contributed by atoms with Crippen molar-refractivity contribution in [1.29, 1.82) is 0 Å². The zero-order chi connectivity index (χ0) is 6.97. The van der Waals surface area contributed by atoms with Crippen molar-refractivity contribution in [3.05, 3.63) is 29.2 Å². The van der Waals surface area contributed by atoms with E-state index < -0.39 is 0 Å². The molecule has 0 fully saturated rings. The van der Waals surface area contributed by atoms with E-state index in [1.807, 2.05) is 12.1 Å². The van der Waals surface area contributed by atoms with E-state index in [-0.39, 0.29) is 0 Å². The molecule has 0 saturated carbocycles. The van der Waals surface area contributed by atoms with Gasteiger partial charge in [-0.05, 0) is 0 Å². The molecular formula is C8H6OSe. The molecule has 2 rings (SSSR count). The second-order valence-corrected chi connectivity index (χ2v) is 4.13. The van der Waals surface area contributed by atoms with Crippen molar-refractivity contribution >= 4 is 24.1 Å². The molecule has 0 unspecified atom stereocenters. The summed E-state index contributed by atoms with van der Waals surface area (Å²) in [5.41, 5.74) is 0. The van der Waals surface area contributed by atoms with Gasteiger partial charge in [0, 0.05) is 0 Å². The van der Waals surface area contributed by atoms with E-state index in [0.29, 0.717) is 20.3 Å². The van der Waals surface area contributed by atoms with E-state index in [2.05, 4.69) is 11.0 Å². The van der Waals surface area contributed by atoms with Crippen molar-refractivity contribution in [1.82, 2.24) is 0 Å². The quantitative estimate of drug-likeness (QED) is 0.636. The number of fused-ring (bicyclic) bond motifs is 1. The third-order valence-electron chi connectivity index (χ3n) is 1.44. The number of aromatic hydroxyl groups is 1. The average Bonchev–Trinajstić information content (AvgIpc) is 2.33. The van der Waals surface area contributed by atoms with Gasteiger partial charge in [0.15, 0.2) is 0 Å². The number of phenols is 1. The first kappa shape index (κ1) is 6.02. The van der Waals surface area contributed by atoms with E-state index >= 15 is 0 Å². The molecule has 0 spiro atoms. The number of phenolic OH excluding ortho intramolecular Hbond substituents is 1. The molecule has 1 aromatic heterocycles. The van der Waals surface area contributed by atoms with Gasteiger partial charge in [0.1, 0.15) is 0 Å². The zero-order valence-corrected chi connectivity index (χ0v) is 6.96. The first-order valence-electron chi connectivity index (χ1n) is 3.02. The summed E-state index contributed by atoms with van der Waals surface area (Å²) in [6, 6.07) is 7.63. The summed E-state index contributed by atoms with van der Waals surface area (Å²) in [5.74, 6) is 0.379. The van der Waals surface area contributed by atoms with Crippen LogP contribution in [0.5, 0.6) is 5.75 Å². The molecule has 0 radical (unpaired) electrons. The fourth-order valence-corrected chi connectivity index (χ4v) is 2.67. The third-order valence-corrected chi connectivity index (χ3v) is 3.29. The molecule has 2 aromatic rings. The van der Waals surface area contributed by atoms with Crippen LogP contribution in [-0.2, 0) is 0 Å². The maximum atomic E-state index is 9.08. The van der Waals surface area contributed by atoms with E-state index in [4.69, 9.17) is 5.11 Å². The number of rotatable bonds is 0. The number of hydrogen-bond acceptors (Lipinski definition) is 1. The Morgan fingerprint density at radius 1 is 1.20 bits per heavy atom. The molecule has 1 heterocycles. The molecule has 0 amide bonds. The summed E-state index contributed by atoms with van der Waals surface area (Å²) in [6.45, 7) is 0. The molecule has 0 aliphatic carbocycles. The summed E-state index contributed by atoms with van der Waals surface area (Å²) >= 11 is 0.452. The van der Waals surface area contributed by atoms with Crippen LogP contribution in [0.15, 0.2) is 29.2 Å². The van der Waals surface area contributed by atoms with Gasteiger partial charge in [-0.2, -0.15) is 0 Å². The maximum absolute atomic E-state index is 9.08. The van der Waals surface area contributed by atoms with E-state index in [1.165, 1.54) is 9.65 Å². The molecule has 1 nitrogen and oxygen atoms in total. The molecule has 2 heteroatoms. The van der Waals surface area contributed by atoms with Crippen molar-refractivity contribution in [2.45, 2.75) is 0 Å². The Labute approximate surface area is 64.7 Å². The fraction of sp³-hybridized carbons (Fsp3) is 0. The second-order valence-electron chi connectivity index (χ2n) is 2.14. The van der Waals surface area contributed by atoms with Crippen LogP contribution in [0.2, 0.25) is 0 Å². The Hall–Kier alpha value is -0.721. The van der Waals surface area contributed by atoms with Crippen LogP contribution < -0.4 is 0 Å². The molecule has 1 N–H and O–H groups in total. The normalized spacial score (nSPS) is 10.4. The first-order chi connectivity index (χ1) is 4.86. The van der Waals surface area contributed by atoms with Crippen LogP contribution in [0.3, 0.4) is 0 Å². The van der Waals surface area contributed by atoms with Crippen molar-refractivity contribution in [3.63, 3.8) is 0 Å². The van der Waals surface area contributed by atoms with Crippen molar-refractivity contribution in [3.8, 4) is 5.75 Å². The predicted molar refractivity (Wildman–Crippen MR) is 42.6 cm³/mol. The van der Waals surface area contributed by atoms with Gasteiger partial charge in [0.05, 0.1) is 0 Å². The van der Waals surface area contributed by atoms with Crippen LogP contribution >= 0.6 is 0 Å². The fourth-order valence-electron chi connectivity index (χ4n) is 0.943. The molecule has 10 heavy (non-hydrogen) atoms. The monoisotopic (exact) mass is 198 g/mol. The average molecular weight is 197 g/mol. The van der Waals surface area contributed by atoms with Crippen molar-refractivity contribution in [2.24, 2.45) is 0 Å². The molecule has 0 atom stereocenters. The summed E-state index contributed by atoms with van der Waals surface area (Å²) < 4.78 is 1.28. The van der Waals surface area contributed by atoms with E-state index in [9.17, 15) is 0 Å². The Morgan fingerprint density at radius 3 is 3.00 bits per heavy atom. The second kappa shape index (κ2) is 2.15. The Kier molecular flexibility index (Phi) is 1.30. The zero-order valence-electron chi connectivity index (χ0n) is 5.24. The summed E-state index contributed by atoms with van der Waals surface area (Å²) in [7, 11) is 0. The predicted octanol–water partition coefficient (Wildman–Crippen LogP) is 1.60. The SMILES string of the molecule is Oc1ccc2cc[se]c2c1. The molecule has 0 aliphatic rings. The van der Waals surface area contributed by atoms with Crippen LogP contribution in [0.1, 0.15) is 0 Å². The van der Waals surface area contributed by atoms with Gasteiger partial charge in [-0.15, -0.1) is 0 Å². The Bertz CT molecular complexity index is 351. The standard InChI is InChI=1S/C8H6OSe/c9-7-2-1-6-3-4-10-8(6)5-7/h1-5,9H. The molecule has 1 aromatic carbocycles. The van der Waals surface area contributed by atoms with Crippen molar-refractivity contribution in [2.75, 3.05) is 0 Å². The molecule has 0 saturated heterocycles. The summed E-state index contributed by atoms with van der Waals surface area (Å²) in [4.78, 5) is 2.16. The Morgan fingerprint density at radius 2 is 2.10 bits per heavy atom. The van der Waals surface area contributed by atoms with Crippen LogP contribution in [0.25, 0.3) is 9.65 Å². The first-order valence-corrected chi connectivity index (χ1v) is 4.87. The molecule has 0 bridgehead atoms. The summed E-state index contributed by atoms with van der Waals surface area (Å²) in [5, 5.41) is 10.3. The van der Waals surface area contributed by atoms with Gasteiger partial charge in [0.2, 0.25) is 0 Å². The van der Waals surface area contributed by atoms with Gasteiger partial charge < -0.3 is 0 Å². The van der Waals surface area contributed by atoms with Gasteiger partial charge >= 0.3 is 64.2 Å². The van der Waals surface area contributed by atoms with E-state index in [1.54, 1.807) is 6.07 Å². The van der Waals surface area contributed by atoms with Crippen molar-refractivity contribution < 1.29 is 5.11 Å². The molecule has 50 valence electrons. The summed E-state index contributed by atoms with van der Waals surface area (Å²) in [6.07, 6.45) is 0. The molecule has 0 aliphatic heterocycles.